The third-order valence-corrected chi connectivity index (χ3v) is 4.01. The molecule has 3 aromatic rings. The first-order valence-corrected chi connectivity index (χ1v) is 7.84. The number of aromatic hydroxyl groups is 1. The lowest BCUT2D eigenvalue weighted by Crippen LogP contribution is -2.02. The Bertz CT molecular complexity index is 895. The van der Waals surface area contributed by atoms with Gasteiger partial charge in [0.1, 0.15) is 0 Å². The molecule has 7 heteroatoms. The minimum Gasteiger partial charge on any atom is -0.504 e. The van der Waals surface area contributed by atoms with Crippen molar-refractivity contribution in [3.05, 3.63) is 42.6 Å². The van der Waals surface area contributed by atoms with Crippen LogP contribution in [0.1, 0.15) is 0 Å². The SMILES string of the molecule is COc1ccc(-c2ccnn2-c2cc(OC)c(OC)c(OC)c2)cc1O. The van der Waals surface area contributed by atoms with E-state index >= 15 is 0 Å². The molecule has 0 saturated carbocycles. The maximum atomic E-state index is 10.1. The number of methoxy groups -OCH3 is 4. The topological polar surface area (TPSA) is 75.0 Å². The summed E-state index contributed by atoms with van der Waals surface area (Å²) in [4.78, 5) is 0. The Labute approximate surface area is 151 Å². The Balaban J connectivity index is 2.13. The molecule has 1 aromatic heterocycles. The molecule has 0 spiro atoms. The highest BCUT2D eigenvalue weighted by Gasteiger charge is 2.17. The summed E-state index contributed by atoms with van der Waals surface area (Å²) in [6.07, 6.45) is 1.68. The fourth-order valence-electron chi connectivity index (χ4n) is 2.77. The van der Waals surface area contributed by atoms with Crippen LogP contribution in [0.3, 0.4) is 0 Å². The Morgan fingerprint density at radius 2 is 1.46 bits per heavy atom. The molecular weight excluding hydrogens is 336 g/mol. The number of phenolic OH excluding ortho intramolecular Hbond substituents is 1. The van der Waals surface area contributed by atoms with Gasteiger partial charge in [-0.05, 0) is 24.3 Å². The summed E-state index contributed by atoms with van der Waals surface area (Å²) < 4.78 is 23.0. The average Bonchev–Trinajstić information content (AvgIpc) is 3.16. The molecular formula is C19H20N2O5. The zero-order valence-corrected chi connectivity index (χ0v) is 15.0. The molecule has 0 bridgehead atoms. The molecule has 3 rings (SSSR count). The lowest BCUT2D eigenvalue weighted by molar-refractivity contribution is 0.324. The van der Waals surface area contributed by atoms with Crippen molar-refractivity contribution in [2.45, 2.75) is 0 Å². The summed E-state index contributed by atoms with van der Waals surface area (Å²) >= 11 is 0. The van der Waals surface area contributed by atoms with Crippen LogP contribution in [-0.2, 0) is 0 Å². The van der Waals surface area contributed by atoms with Crippen LogP contribution in [0, 0.1) is 0 Å². The minimum atomic E-state index is 0.0580. The highest BCUT2D eigenvalue weighted by Crippen LogP contribution is 2.40. The highest BCUT2D eigenvalue weighted by atomic mass is 16.5. The summed E-state index contributed by atoms with van der Waals surface area (Å²) in [7, 11) is 6.19. The molecule has 0 saturated heterocycles. The van der Waals surface area contributed by atoms with Crippen molar-refractivity contribution in [3.63, 3.8) is 0 Å². The van der Waals surface area contributed by atoms with E-state index in [1.54, 1.807) is 56.5 Å². The largest absolute Gasteiger partial charge is 0.504 e. The van der Waals surface area contributed by atoms with Gasteiger partial charge in [-0.15, -0.1) is 0 Å². The summed E-state index contributed by atoms with van der Waals surface area (Å²) in [6.45, 7) is 0. The van der Waals surface area contributed by atoms with Gasteiger partial charge in [0.25, 0.3) is 0 Å². The first-order chi connectivity index (χ1) is 12.6. The Morgan fingerprint density at radius 1 is 0.808 bits per heavy atom. The quantitative estimate of drug-likeness (QED) is 0.731. The van der Waals surface area contributed by atoms with Crippen molar-refractivity contribution >= 4 is 0 Å². The predicted octanol–water partition coefficient (Wildman–Crippen LogP) is 3.28. The average molecular weight is 356 g/mol. The Kier molecular flexibility index (Phi) is 4.88. The van der Waals surface area contributed by atoms with Gasteiger partial charge in [0.05, 0.1) is 46.0 Å². The summed E-state index contributed by atoms with van der Waals surface area (Å²) in [6, 6.07) is 10.7. The van der Waals surface area contributed by atoms with Gasteiger partial charge in [0.15, 0.2) is 23.0 Å². The van der Waals surface area contributed by atoms with E-state index in [2.05, 4.69) is 5.10 Å². The number of phenols is 1. The van der Waals surface area contributed by atoms with Gasteiger partial charge < -0.3 is 24.1 Å². The predicted molar refractivity (Wildman–Crippen MR) is 96.9 cm³/mol. The van der Waals surface area contributed by atoms with E-state index in [0.29, 0.717) is 23.0 Å². The number of benzene rings is 2. The first kappa shape index (κ1) is 17.5. The van der Waals surface area contributed by atoms with Gasteiger partial charge in [-0.1, -0.05) is 0 Å². The lowest BCUT2D eigenvalue weighted by atomic mass is 10.1. The molecule has 26 heavy (non-hydrogen) atoms. The van der Waals surface area contributed by atoms with E-state index in [1.807, 2.05) is 12.1 Å². The van der Waals surface area contributed by atoms with Crippen LogP contribution >= 0.6 is 0 Å². The van der Waals surface area contributed by atoms with E-state index in [0.717, 1.165) is 16.9 Å². The van der Waals surface area contributed by atoms with E-state index < -0.39 is 0 Å². The maximum Gasteiger partial charge on any atom is 0.203 e. The molecule has 1 heterocycles. The van der Waals surface area contributed by atoms with Crippen molar-refractivity contribution in [3.8, 4) is 45.7 Å². The number of hydrogen-bond donors (Lipinski definition) is 1. The molecule has 0 atom stereocenters. The molecule has 0 unspecified atom stereocenters. The number of nitrogens with zero attached hydrogens (tertiary/aromatic N) is 2. The number of rotatable bonds is 6. The molecule has 0 radical (unpaired) electrons. The van der Waals surface area contributed by atoms with Crippen molar-refractivity contribution in [2.75, 3.05) is 28.4 Å². The third-order valence-electron chi connectivity index (χ3n) is 4.01. The normalized spacial score (nSPS) is 10.5. The van der Waals surface area contributed by atoms with Crippen LogP contribution in [0.15, 0.2) is 42.6 Å². The Hall–Kier alpha value is -3.35. The third kappa shape index (κ3) is 2.99. The fourth-order valence-corrected chi connectivity index (χ4v) is 2.77. The van der Waals surface area contributed by atoms with Crippen molar-refractivity contribution in [1.82, 2.24) is 9.78 Å². The van der Waals surface area contributed by atoms with Gasteiger partial charge in [0, 0.05) is 17.7 Å². The molecule has 0 fully saturated rings. The second kappa shape index (κ2) is 7.26. The number of aromatic nitrogens is 2. The summed E-state index contributed by atoms with van der Waals surface area (Å²) in [5.41, 5.74) is 2.31. The van der Waals surface area contributed by atoms with Gasteiger partial charge in [0.2, 0.25) is 5.75 Å². The smallest absolute Gasteiger partial charge is 0.203 e. The zero-order valence-electron chi connectivity index (χ0n) is 15.0. The summed E-state index contributed by atoms with van der Waals surface area (Å²) in [5, 5.41) is 14.5. The molecule has 1 N–H and O–H groups in total. The standard InChI is InChI=1S/C19H20N2O5/c1-23-16-6-5-12(9-15(16)22)14-7-8-20-21(14)13-10-17(24-2)19(26-4)18(11-13)25-3/h5-11,22H,1-4H3. The van der Waals surface area contributed by atoms with Crippen LogP contribution in [-0.4, -0.2) is 43.3 Å². The molecule has 0 amide bonds. The Morgan fingerprint density at radius 3 is 2.00 bits per heavy atom. The molecule has 0 aliphatic carbocycles. The molecule has 136 valence electrons. The van der Waals surface area contributed by atoms with Crippen LogP contribution in [0.25, 0.3) is 16.9 Å². The van der Waals surface area contributed by atoms with E-state index in [9.17, 15) is 5.11 Å². The number of ether oxygens (including phenoxy) is 4. The van der Waals surface area contributed by atoms with Crippen molar-refractivity contribution in [2.24, 2.45) is 0 Å². The van der Waals surface area contributed by atoms with Gasteiger partial charge >= 0.3 is 0 Å². The zero-order chi connectivity index (χ0) is 18.7. The fraction of sp³-hybridized carbons (Fsp3) is 0.211. The molecule has 7 nitrogen and oxygen atoms in total. The second-order valence-electron chi connectivity index (χ2n) is 5.40. The van der Waals surface area contributed by atoms with Crippen molar-refractivity contribution < 1.29 is 24.1 Å². The van der Waals surface area contributed by atoms with Crippen LogP contribution in [0.2, 0.25) is 0 Å². The molecule has 2 aromatic carbocycles. The minimum absolute atomic E-state index is 0.0580. The first-order valence-electron chi connectivity index (χ1n) is 7.84. The monoisotopic (exact) mass is 356 g/mol. The van der Waals surface area contributed by atoms with E-state index in [4.69, 9.17) is 18.9 Å². The van der Waals surface area contributed by atoms with Gasteiger partial charge in [-0.3, -0.25) is 0 Å². The second-order valence-corrected chi connectivity index (χ2v) is 5.40. The molecule has 0 aliphatic heterocycles. The van der Waals surface area contributed by atoms with Crippen LogP contribution < -0.4 is 18.9 Å². The molecule has 0 aliphatic rings. The van der Waals surface area contributed by atoms with E-state index in [1.165, 1.54) is 7.11 Å². The number of hydrogen-bond acceptors (Lipinski definition) is 6. The maximum absolute atomic E-state index is 10.1. The van der Waals surface area contributed by atoms with Gasteiger partial charge in [-0.2, -0.15) is 5.10 Å². The van der Waals surface area contributed by atoms with Crippen LogP contribution in [0.4, 0.5) is 0 Å². The lowest BCUT2D eigenvalue weighted by Gasteiger charge is -2.15. The summed E-state index contributed by atoms with van der Waals surface area (Å²) in [5.74, 6) is 2.03. The van der Waals surface area contributed by atoms with Crippen molar-refractivity contribution in [1.29, 1.82) is 0 Å². The van der Waals surface area contributed by atoms with E-state index in [-0.39, 0.29) is 5.75 Å². The van der Waals surface area contributed by atoms with Gasteiger partial charge in [-0.25, -0.2) is 4.68 Å². The van der Waals surface area contributed by atoms with Crippen LogP contribution in [0.5, 0.6) is 28.7 Å². The highest BCUT2D eigenvalue weighted by molar-refractivity contribution is 5.67.